The first-order chi connectivity index (χ1) is 7.99. The van der Waals surface area contributed by atoms with Crippen molar-refractivity contribution in [3.05, 3.63) is 52.1 Å². The molecular weight excluding hydrogens is 246 g/mol. The lowest BCUT2D eigenvalue weighted by atomic mass is 10.3. The minimum atomic E-state index is -0.512. The van der Waals surface area contributed by atoms with Crippen LogP contribution in [0, 0.1) is 10.1 Å². The minimum absolute atomic E-state index is 0.0517. The Kier molecular flexibility index (Phi) is 7.38. The molecule has 0 N–H and O–H groups in total. The Bertz CT molecular complexity index is 406. The lowest BCUT2D eigenvalue weighted by Crippen LogP contribution is -1.96. The number of ether oxygens (including phenoxy) is 1. The maximum atomic E-state index is 10.1. The van der Waals surface area contributed by atoms with Crippen LogP contribution in [0.4, 0.5) is 5.69 Å². The fraction of sp³-hybridized carbons (Fsp3) is 0.182. The van der Waals surface area contributed by atoms with Gasteiger partial charge in [-0.05, 0) is 6.07 Å². The number of nitro groups is 1. The van der Waals surface area contributed by atoms with Crippen molar-refractivity contribution in [1.82, 2.24) is 0 Å². The number of rotatable bonds is 3. The largest absolute Gasteiger partial charge is 0.462 e. The van der Waals surface area contributed by atoms with Crippen LogP contribution in [-0.4, -0.2) is 17.5 Å². The molecule has 0 heterocycles. The molecule has 0 radical (unpaired) electrons. The monoisotopic (exact) mass is 257 g/mol. The average Bonchev–Trinajstić information content (AvgIpc) is 2.27. The molecule has 0 spiro atoms. The molecule has 0 aliphatic rings. The number of carbonyl (C=O) groups excluding carboxylic acids is 1. The number of esters is 1. The number of benzene rings is 1. The molecule has 0 atom stereocenters. The van der Waals surface area contributed by atoms with Crippen molar-refractivity contribution < 1.29 is 14.5 Å². The maximum Gasteiger partial charge on any atom is 0.302 e. The van der Waals surface area contributed by atoms with Gasteiger partial charge in [0.2, 0.25) is 0 Å². The van der Waals surface area contributed by atoms with Crippen molar-refractivity contribution in [2.75, 3.05) is 6.61 Å². The van der Waals surface area contributed by atoms with Crippen LogP contribution >= 0.6 is 11.6 Å². The molecule has 1 rings (SSSR count). The number of nitrogens with zero attached hydrogens (tertiary/aromatic N) is 1. The van der Waals surface area contributed by atoms with Crippen LogP contribution < -0.4 is 0 Å². The van der Waals surface area contributed by atoms with Gasteiger partial charge in [-0.1, -0.05) is 36.4 Å². The maximum absolute atomic E-state index is 10.1. The van der Waals surface area contributed by atoms with Gasteiger partial charge < -0.3 is 4.74 Å². The molecule has 0 fully saturated rings. The molecule has 0 aliphatic heterocycles. The van der Waals surface area contributed by atoms with Crippen molar-refractivity contribution in [2.45, 2.75) is 6.92 Å². The summed E-state index contributed by atoms with van der Waals surface area (Å²) in [7, 11) is 0. The number of hydrogen-bond donors (Lipinski definition) is 0. The van der Waals surface area contributed by atoms with Gasteiger partial charge in [0.15, 0.2) is 0 Å². The van der Waals surface area contributed by atoms with Crippen LogP contribution in [0.5, 0.6) is 0 Å². The topological polar surface area (TPSA) is 69.4 Å². The summed E-state index contributed by atoms with van der Waals surface area (Å²) in [6, 6.07) is 6.07. The third-order valence-corrected chi connectivity index (χ3v) is 1.77. The standard InChI is InChI=1S/C6H4ClNO2.C5H8O2/c7-5-3-1-2-4-6(5)8(9)10;1-3-4-7-5(2)6/h1-4H;3H,1,4H2,2H3. The lowest BCUT2D eigenvalue weighted by molar-refractivity contribution is -0.384. The van der Waals surface area contributed by atoms with Crippen molar-refractivity contribution in [1.29, 1.82) is 0 Å². The van der Waals surface area contributed by atoms with Gasteiger partial charge in [0.25, 0.3) is 5.69 Å². The van der Waals surface area contributed by atoms with Gasteiger partial charge in [-0.3, -0.25) is 14.9 Å². The predicted molar refractivity (Wildman–Crippen MR) is 64.9 cm³/mol. The molecule has 1 aromatic carbocycles. The van der Waals surface area contributed by atoms with Crippen molar-refractivity contribution in [3.8, 4) is 0 Å². The smallest absolute Gasteiger partial charge is 0.302 e. The molecular formula is C11H12ClNO4. The second-order valence-corrected chi connectivity index (χ2v) is 3.21. The average molecular weight is 258 g/mol. The third kappa shape index (κ3) is 7.08. The van der Waals surface area contributed by atoms with E-state index in [1.807, 2.05) is 0 Å². The highest BCUT2D eigenvalue weighted by atomic mass is 35.5. The molecule has 5 nitrogen and oxygen atoms in total. The predicted octanol–water partition coefficient (Wildman–Crippen LogP) is 2.98. The van der Waals surface area contributed by atoms with Gasteiger partial charge in [-0.15, -0.1) is 0 Å². The molecule has 0 aliphatic carbocycles. The zero-order chi connectivity index (χ0) is 13.3. The summed E-state index contributed by atoms with van der Waals surface area (Å²) < 4.78 is 4.43. The van der Waals surface area contributed by atoms with E-state index in [1.54, 1.807) is 12.1 Å². The number of nitro benzene ring substituents is 1. The quantitative estimate of drug-likeness (QED) is 0.361. The summed E-state index contributed by atoms with van der Waals surface area (Å²) >= 11 is 5.48. The zero-order valence-corrected chi connectivity index (χ0v) is 10.0. The Morgan fingerprint density at radius 1 is 1.59 bits per heavy atom. The van der Waals surface area contributed by atoms with E-state index >= 15 is 0 Å². The zero-order valence-electron chi connectivity index (χ0n) is 9.26. The fourth-order valence-electron chi connectivity index (χ4n) is 0.776. The molecule has 6 heteroatoms. The van der Waals surface area contributed by atoms with Gasteiger partial charge in [-0.2, -0.15) is 0 Å². The van der Waals surface area contributed by atoms with E-state index in [9.17, 15) is 14.9 Å². The number of para-hydroxylation sites is 1. The normalized spacial score (nSPS) is 8.59. The summed E-state index contributed by atoms with van der Waals surface area (Å²) in [4.78, 5) is 19.6. The lowest BCUT2D eigenvalue weighted by Gasteiger charge is -1.90. The summed E-state index contributed by atoms with van der Waals surface area (Å²) in [5.74, 6) is -0.264. The molecule has 0 bridgehead atoms. The van der Waals surface area contributed by atoms with Crippen LogP contribution in [0.1, 0.15) is 6.92 Å². The van der Waals surface area contributed by atoms with Gasteiger partial charge >= 0.3 is 5.97 Å². The first kappa shape index (κ1) is 15.1. The first-order valence-electron chi connectivity index (χ1n) is 4.62. The Hall–Kier alpha value is -1.88. The van der Waals surface area contributed by atoms with E-state index < -0.39 is 4.92 Å². The van der Waals surface area contributed by atoms with Crippen LogP contribution in [0.25, 0.3) is 0 Å². The molecule has 0 saturated heterocycles. The van der Waals surface area contributed by atoms with E-state index in [2.05, 4.69) is 11.3 Å². The van der Waals surface area contributed by atoms with E-state index in [-0.39, 0.29) is 16.7 Å². The van der Waals surface area contributed by atoms with Gasteiger partial charge in [-0.25, -0.2) is 0 Å². The molecule has 17 heavy (non-hydrogen) atoms. The number of carbonyl (C=O) groups is 1. The van der Waals surface area contributed by atoms with Gasteiger partial charge in [0.05, 0.1) is 4.92 Å². The molecule has 0 saturated carbocycles. The first-order valence-corrected chi connectivity index (χ1v) is 5.00. The molecule has 0 amide bonds. The van der Waals surface area contributed by atoms with E-state index in [1.165, 1.54) is 25.1 Å². The Balaban J connectivity index is 0.000000325. The van der Waals surface area contributed by atoms with Crippen molar-refractivity contribution >= 4 is 23.3 Å². The molecule has 0 aromatic heterocycles. The fourth-order valence-corrected chi connectivity index (χ4v) is 0.981. The molecule has 1 aromatic rings. The second-order valence-electron chi connectivity index (χ2n) is 2.80. The van der Waals surface area contributed by atoms with Gasteiger partial charge in [0.1, 0.15) is 11.6 Å². The second kappa shape index (κ2) is 8.29. The highest BCUT2D eigenvalue weighted by Crippen LogP contribution is 2.21. The van der Waals surface area contributed by atoms with E-state index in [4.69, 9.17) is 11.6 Å². The Morgan fingerprint density at radius 2 is 2.18 bits per heavy atom. The van der Waals surface area contributed by atoms with Crippen LogP contribution in [0.15, 0.2) is 36.9 Å². The van der Waals surface area contributed by atoms with Gasteiger partial charge in [0, 0.05) is 13.0 Å². The molecule has 92 valence electrons. The Morgan fingerprint density at radius 3 is 2.47 bits per heavy atom. The van der Waals surface area contributed by atoms with E-state index in [0.717, 1.165) is 0 Å². The van der Waals surface area contributed by atoms with Crippen molar-refractivity contribution in [3.63, 3.8) is 0 Å². The summed E-state index contributed by atoms with van der Waals surface area (Å²) in [6.07, 6.45) is 1.53. The van der Waals surface area contributed by atoms with E-state index in [0.29, 0.717) is 6.61 Å². The van der Waals surface area contributed by atoms with Crippen LogP contribution in [0.2, 0.25) is 5.02 Å². The number of halogens is 1. The summed E-state index contributed by atoms with van der Waals surface area (Å²) in [5, 5.41) is 10.3. The van der Waals surface area contributed by atoms with Crippen LogP contribution in [0.3, 0.4) is 0 Å². The molecule has 0 unspecified atom stereocenters. The van der Waals surface area contributed by atoms with Crippen molar-refractivity contribution in [2.24, 2.45) is 0 Å². The SMILES string of the molecule is C=CCOC(C)=O.O=[N+]([O-])c1ccccc1Cl. The summed E-state index contributed by atoms with van der Waals surface area (Å²) in [5.41, 5.74) is -0.0517. The van der Waals surface area contributed by atoms with Crippen LogP contribution in [-0.2, 0) is 9.53 Å². The number of hydrogen-bond acceptors (Lipinski definition) is 4. The third-order valence-electron chi connectivity index (χ3n) is 1.45. The minimum Gasteiger partial charge on any atom is -0.462 e. The highest BCUT2D eigenvalue weighted by Gasteiger charge is 2.08. The highest BCUT2D eigenvalue weighted by molar-refractivity contribution is 6.32. The summed E-state index contributed by atoms with van der Waals surface area (Å²) in [6.45, 7) is 5.03. The Labute approximate surface area is 104 Å².